The smallest absolute Gasteiger partial charge is 0.419 e. The minimum absolute atomic E-state index is 0.00619. The summed E-state index contributed by atoms with van der Waals surface area (Å²) in [6.07, 6.45) is -5.76. The Hall–Kier alpha value is -3.69. The second-order valence-electron chi connectivity index (χ2n) is 10.2. The number of benzene rings is 3. The second-order valence-corrected chi connectivity index (χ2v) is 10.6. The number of aromatic hydroxyl groups is 2. The quantitative estimate of drug-likeness (QED) is 0.247. The molecule has 4 N–H and O–H groups in total. The van der Waals surface area contributed by atoms with Gasteiger partial charge in [0, 0.05) is 28.8 Å². The van der Waals surface area contributed by atoms with Crippen molar-refractivity contribution in [2.45, 2.75) is 43.5 Å². The molecule has 10 heteroatoms. The van der Waals surface area contributed by atoms with Crippen LogP contribution in [0.2, 0.25) is 5.02 Å². The lowest BCUT2D eigenvalue weighted by Gasteiger charge is -2.49. The van der Waals surface area contributed by atoms with Crippen LogP contribution in [0.1, 0.15) is 37.4 Å². The summed E-state index contributed by atoms with van der Waals surface area (Å²) >= 11 is 6.12. The lowest BCUT2D eigenvalue weighted by Crippen LogP contribution is -2.58. The number of phenolic OH excluding ortho intramolecular Hbond substituents is 2. The Morgan fingerprint density at radius 2 is 1.74 bits per heavy atom. The molecule has 0 saturated heterocycles. The van der Waals surface area contributed by atoms with Crippen molar-refractivity contribution in [3.63, 3.8) is 0 Å². The molecular weight excluding hydrogens is 521 g/mol. The highest BCUT2D eigenvalue weighted by atomic mass is 35.5. The van der Waals surface area contributed by atoms with Gasteiger partial charge in [0.15, 0.2) is 5.60 Å². The maximum atomic E-state index is 14.5. The molecule has 38 heavy (non-hydrogen) atoms. The number of aromatic nitrogens is 1. The Kier molecular flexibility index (Phi) is 5.92. The average Bonchev–Trinajstić information content (AvgIpc) is 2.82. The van der Waals surface area contributed by atoms with Crippen molar-refractivity contribution in [1.29, 1.82) is 0 Å². The number of nitrogens with one attached hydrogen (secondary N) is 1. The van der Waals surface area contributed by atoms with Crippen molar-refractivity contribution in [2.75, 3.05) is 5.32 Å². The Morgan fingerprint density at radius 1 is 1.03 bits per heavy atom. The number of hydrogen-bond donors (Lipinski definition) is 4. The molecule has 5 rings (SSSR count). The van der Waals surface area contributed by atoms with Crippen LogP contribution in [0.25, 0.3) is 16.6 Å². The van der Waals surface area contributed by atoms with E-state index in [9.17, 15) is 33.3 Å². The van der Waals surface area contributed by atoms with Crippen molar-refractivity contribution in [1.82, 2.24) is 4.57 Å². The van der Waals surface area contributed by atoms with Crippen molar-refractivity contribution in [3.8, 4) is 17.2 Å². The van der Waals surface area contributed by atoms with Crippen LogP contribution in [-0.4, -0.2) is 31.7 Å². The zero-order chi connectivity index (χ0) is 27.6. The predicted octanol–water partition coefficient (Wildman–Crippen LogP) is 6.18. The van der Waals surface area contributed by atoms with Crippen LogP contribution in [0.4, 0.5) is 18.9 Å². The maximum Gasteiger partial charge on any atom is 0.419 e. The highest BCUT2D eigenvalue weighted by Gasteiger charge is 2.64. The molecule has 0 bridgehead atoms. The molecule has 6 nitrogen and oxygen atoms in total. The summed E-state index contributed by atoms with van der Waals surface area (Å²) in [6.45, 7) is 3.03. The molecular formula is C28H24ClF3N2O4. The number of alkyl halides is 3. The van der Waals surface area contributed by atoms with E-state index in [-0.39, 0.29) is 33.3 Å². The highest BCUT2D eigenvalue weighted by Crippen LogP contribution is 2.57. The van der Waals surface area contributed by atoms with E-state index in [0.717, 1.165) is 0 Å². The van der Waals surface area contributed by atoms with Crippen LogP contribution in [0.3, 0.4) is 0 Å². The number of phenols is 2. The fourth-order valence-electron chi connectivity index (χ4n) is 5.57. The molecule has 1 heterocycles. The van der Waals surface area contributed by atoms with E-state index < -0.39 is 35.2 Å². The van der Waals surface area contributed by atoms with Gasteiger partial charge in [0.05, 0.1) is 22.3 Å². The molecule has 0 spiro atoms. The van der Waals surface area contributed by atoms with Gasteiger partial charge in [-0.15, -0.1) is 0 Å². The molecule has 3 aromatic carbocycles. The fraction of sp³-hybridized carbons (Fsp3) is 0.250. The van der Waals surface area contributed by atoms with Gasteiger partial charge in [-0.2, -0.15) is 13.2 Å². The van der Waals surface area contributed by atoms with E-state index in [0.29, 0.717) is 16.6 Å². The lowest BCUT2D eigenvalue weighted by molar-refractivity contribution is -0.275. The van der Waals surface area contributed by atoms with Crippen LogP contribution < -0.4 is 10.9 Å². The van der Waals surface area contributed by atoms with Gasteiger partial charge in [-0.25, -0.2) is 0 Å². The molecule has 0 aliphatic heterocycles. The first kappa shape index (κ1) is 25.9. The maximum absolute atomic E-state index is 14.5. The molecule has 0 amide bonds. The number of nitrogens with zero attached hydrogens (tertiary/aromatic N) is 1. The fourth-order valence-corrected chi connectivity index (χ4v) is 5.72. The number of hydrogen-bond acceptors (Lipinski definition) is 5. The lowest BCUT2D eigenvalue weighted by atomic mass is 9.63. The summed E-state index contributed by atoms with van der Waals surface area (Å²) < 4.78 is 44.9. The summed E-state index contributed by atoms with van der Waals surface area (Å²) in [5.41, 5.74) is -3.63. The van der Waals surface area contributed by atoms with Gasteiger partial charge in [-0.05, 0) is 53.8 Å². The van der Waals surface area contributed by atoms with Gasteiger partial charge in [0.25, 0.3) is 5.56 Å². The number of halogens is 4. The van der Waals surface area contributed by atoms with E-state index >= 15 is 0 Å². The van der Waals surface area contributed by atoms with E-state index in [1.807, 2.05) is 0 Å². The third kappa shape index (κ3) is 3.97. The molecule has 2 unspecified atom stereocenters. The molecule has 2 atom stereocenters. The Morgan fingerprint density at radius 3 is 2.42 bits per heavy atom. The minimum Gasteiger partial charge on any atom is -0.508 e. The Bertz CT molecular complexity index is 1630. The number of anilines is 1. The topological polar surface area (TPSA) is 94.7 Å². The van der Waals surface area contributed by atoms with Crippen molar-refractivity contribution in [3.05, 3.63) is 93.2 Å². The van der Waals surface area contributed by atoms with Crippen LogP contribution in [-0.2, 0) is 5.41 Å². The van der Waals surface area contributed by atoms with Gasteiger partial charge < -0.3 is 20.6 Å². The number of pyridine rings is 1. The van der Waals surface area contributed by atoms with Crippen molar-refractivity contribution < 1.29 is 28.5 Å². The first-order valence-corrected chi connectivity index (χ1v) is 12.1. The monoisotopic (exact) mass is 544 g/mol. The molecule has 198 valence electrons. The summed E-state index contributed by atoms with van der Waals surface area (Å²) in [7, 11) is 0. The molecule has 1 aromatic heterocycles. The number of aliphatic hydroxyl groups is 1. The van der Waals surface area contributed by atoms with Gasteiger partial charge >= 0.3 is 6.18 Å². The van der Waals surface area contributed by atoms with Gasteiger partial charge in [0.1, 0.15) is 11.5 Å². The number of rotatable bonds is 3. The third-order valence-electron chi connectivity index (χ3n) is 7.15. The Balaban J connectivity index is 1.74. The molecule has 0 radical (unpaired) electrons. The molecule has 0 fully saturated rings. The Labute approximate surface area is 220 Å². The zero-order valence-corrected chi connectivity index (χ0v) is 21.1. The number of fused-ring (bicyclic) bond motifs is 2. The molecule has 0 saturated carbocycles. The normalized spacial score (nSPS) is 20.8. The first-order chi connectivity index (χ1) is 17.7. The van der Waals surface area contributed by atoms with E-state index in [4.69, 9.17) is 11.6 Å². The third-order valence-corrected chi connectivity index (χ3v) is 7.46. The van der Waals surface area contributed by atoms with E-state index in [1.165, 1.54) is 54.8 Å². The SMILES string of the molecule is CC1(C)CC(O)(C(F)(F)F)C(Nc2cccc3c2ccc(=O)n3-c2cccc(O)c2)c2ccc(Cl)c(O)c21. The highest BCUT2D eigenvalue weighted by molar-refractivity contribution is 6.32. The molecule has 1 aliphatic rings. The van der Waals surface area contributed by atoms with Crippen molar-refractivity contribution in [2.24, 2.45) is 0 Å². The summed E-state index contributed by atoms with van der Waals surface area (Å²) in [6, 6.07) is 14.5. The van der Waals surface area contributed by atoms with Crippen LogP contribution in [0.15, 0.2) is 71.5 Å². The van der Waals surface area contributed by atoms with Crippen LogP contribution >= 0.6 is 11.6 Å². The second kappa shape index (κ2) is 8.68. The summed E-state index contributed by atoms with van der Waals surface area (Å²) in [5.74, 6) is -0.392. The van der Waals surface area contributed by atoms with Crippen LogP contribution in [0, 0.1) is 0 Å². The summed E-state index contributed by atoms with van der Waals surface area (Å²) in [5, 5.41) is 35.2. The van der Waals surface area contributed by atoms with E-state index in [1.54, 1.807) is 30.3 Å². The molecule has 1 aliphatic carbocycles. The predicted molar refractivity (Wildman–Crippen MR) is 139 cm³/mol. The van der Waals surface area contributed by atoms with E-state index in [2.05, 4.69) is 5.32 Å². The average molecular weight is 545 g/mol. The minimum atomic E-state index is -5.02. The molecule has 4 aromatic rings. The van der Waals surface area contributed by atoms with Gasteiger partial charge in [0.2, 0.25) is 0 Å². The van der Waals surface area contributed by atoms with Crippen LogP contribution in [0.5, 0.6) is 11.5 Å². The standard InChI is InChI=1S/C28H24ClF3N2O4/c1-26(2)14-27(38,28(30,31)32)25(18-9-11-19(29)24(37)23(18)26)33-20-7-4-8-21-17(20)10-12-22(36)34(21)15-5-3-6-16(35)13-15/h3-13,25,33,35,37-38H,14H2,1-2H3. The van der Waals surface area contributed by atoms with Gasteiger partial charge in [-0.3, -0.25) is 9.36 Å². The first-order valence-electron chi connectivity index (χ1n) is 11.8. The van der Waals surface area contributed by atoms with Crippen molar-refractivity contribution >= 4 is 28.2 Å². The zero-order valence-electron chi connectivity index (χ0n) is 20.3. The van der Waals surface area contributed by atoms with Gasteiger partial charge in [-0.1, -0.05) is 43.6 Å². The largest absolute Gasteiger partial charge is 0.508 e. The summed E-state index contributed by atoms with van der Waals surface area (Å²) in [4.78, 5) is 12.8.